The molecule has 10 heteroatoms. The molecule has 3 rings (SSSR count). The van der Waals surface area contributed by atoms with E-state index < -0.39 is 0 Å². The van der Waals surface area contributed by atoms with Crippen LogP contribution in [0.4, 0.5) is 0 Å². The third-order valence-corrected chi connectivity index (χ3v) is 5.90. The van der Waals surface area contributed by atoms with Gasteiger partial charge in [0.25, 0.3) is 0 Å². The van der Waals surface area contributed by atoms with Gasteiger partial charge in [-0.05, 0) is 40.5 Å². The van der Waals surface area contributed by atoms with Gasteiger partial charge in [-0.2, -0.15) is 4.37 Å². The van der Waals surface area contributed by atoms with E-state index >= 15 is 0 Å². The summed E-state index contributed by atoms with van der Waals surface area (Å²) in [7, 11) is 3.27. The Bertz CT molecular complexity index is 858. The summed E-state index contributed by atoms with van der Waals surface area (Å²) in [6, 6.07) is 5.63. The van der Waals surface area contributed by atoms with Gasteiger partial charge in [0.2, 0.25) is 4.73 Å². The molecule has 0 aliphatic carbocycles. The van der Waals surface area contributed by atoms with Crippen LogP contribution < -0.4 is 9.47 Å². The van der Waals surface area contributed by atoms with Crippen LogP contribution >= 0.6 is 27.5 Å². The molecular weight excluding hydrogens is 432 g/mol. The largest absolute Gasteiger partial charge is 0.497 e. The summed E-state index contributed by atoms with van der Waals surface area (Å²) in [5.74, 6) is 2.11. The van der Waals surface area contributed by atoms with Crippen molar-refractivity contribution < 1.29 is 9.47 Å². The van der Waals surface area contributed by atoms with Gasteiger partial charge in [0, 0.05) is 31.3 Å². The molecule has 0 unspecified atom stereocenters. The molecule has 0 spiro atoms. The Balaban J connectivity index is 1.72. The molecule has 8 nitrogen and oxygen atoms in total. The maximum atomic E-state index is 8.53. The minimum atomic E-state index is -0.137. The third-order valence-electron chi connectivity index (χ3n) is 4.59. The molecular formula is C17H21BrN6O2S. The molecule has 2 aromatic rings. The number of nitrogens with one attached hydrogen (secondary N) is 2. The molecule has 1 atom stereocenters. The van der Waals surface area contributed by atoms with E-state index in [0.29, 0.717) is 28.7 Å². The number of hydrogen-bond donors (Lipinski definition) is 2. The first-order valence-corrected chi connectivity index (χ1v) is 9.90. The van der Waals surface area contributed by atoms with Crippen molar-refractivity contribution in [2.75, 3.05) is 27.3 Å². The Kier molecular flexibility index (Phi) is 6.08. The minimum absolute atomic E-state index is 0.137. The molecule has 1 fully saturated rings. The predicted molar refractivity (Wildman–Crippen MR) is 108 cm³/mol. The van der Waals surface area contributed by atoms with Crippen molar-refractivity contribution in [2.45, 2.75) is 19.5 Å². The minimum Gasteiger partial charge on any atom is -0.497 e. The van der Waals surface area contributed by atoms with Crippen molar-refractivity contribution >= 4 is 39.1 Å². The van der Waals surface area contributed by atoms with Gasteiger partial charge in [0.15, 0.2) is 10.8 Å². The number of amidine groups is 2. The van der Waals surface area contributed by atoms with E-state index in [2.05, 4.69) is 30.2 Å². The lowest BCUT2D eigenvalue weighted by molar-refractivity contribution is 0.197. The van der Waals surface area contributed by atoms with Crippen molar-refractivity contribution in [1.82, 2.24) is 19.2 Å². The van der Waals surface area contributed by atoms with E-state index in [0.717, 1.165) is 35.1 Å². The van der Waals surface area contributed by atoms with Gasteiger partial charge in [0.1, 0.15) is 17.3 Å². The molecule has 1 aromatic heterocycles. The molecule has 1 aliphatic rings. The van der Waals surface area contributed by atoms with Crippen LogP contribution in [0, 0.1) is 10.8 Å². The van der Waals surface area contributed by atoms with Gasteiger partial charge in [0.05, 0.1) is 20.3 Å². The highest BCUT2D eigenvalue weighted by atomic mass is 79.9. The molecule has 2 N–H and O–H groups in total. The number of hydrogen-bond acceptors (Lipinski definition) is 8. The normalized spacial score (nSPS) is 17.9. The van der Waals surface area contributed by atoms with Crippen LogP contribution in [0.15, 0.2) is 22.9 Å². The van der Waals surface area contributed by atoms with Gasteiger partial charge in [-0.3, -0.25) is 15.7 Å². The van der Waals surface area contributed by atoms with Gasteiger partial charge >= 0.3 is 0 Å². The van der Waals surface area contributed by atoms with E-state index in [1.54, 1.807) is 19.1 Å². The maximum Gasteiger partial charge on any atom is 0.209 e. The molecule has 1 aliphatic heterocycles. The Hall–Kier alpha value is -2.04. The highest BCUT2D eigenvalue weighted by Gasteiger charge is 2.32. The van der Waals surface area contributed by atoms with E-state index in [9.17, 15) is 0 Å². The fourth-order valence-corrected chi connectivity index (χ4v) is 4.05. The monoisotopic (exact) mass is 452 g/mol. The molecule has 0 bridgehead atoms. The van der Waals surface area contributed by atoms with Crippen molar-refractivity contribution in [3.8, 4) is 11.5 Å². The van der Waals surface area contributed by atoms with Crippen molar-refractivity contribution in [2.24, 2.45) is 0 Å². The Morgan fingerprint density at radius 3 is 2.74 bits per heavy atom. The SMILES string of the molecule is COc1ccc(CN2CCN(C(=N)c3nc(Br)ns3)C(=N)[C@H]2C)c(OC)c1. The number of aromatic nitrogens is 2. The molecule has 27 heavy (non-hydrogen) atoms. The second kappa shape index (κ2) is 8.32. The summed E-state index contributed by atoms with van der Waals surface area (Å²) in [5.41, 5.74) is 1.04. The summed E-state index contributed by atoms with van der Waals surface area (Å²) < 4.78 is 15.3. The fraction of sp³-hybridized carbons (Fsp3) is 0.412. The summed E-state index contributed by atoms with van der Waals surface area (Å²) in [4.78, 5) is 8.08. The number of methoxy groups -OCH3 is 2. The first kappa shape index (κ1) is 19.7. The summed E-state index contributed by atoms with van der Waals surface area (Å²) in [5, 5.41) is 17.4. The Labute approximate surface area is 170 Å². The summed E-state index contributed by atoms with van der Waals surface area (Å²) >= 11 is 4.37. The summed E-state index contributed by atoms with van der Waals surface area (Å²) in [6.07, 6.45) is 0. The number of nitrogens with zero attached hydrogens (tertiary/aromatic N) is 4. The maximum absolute atomic E-state index is 8.53. The molecule has 0 amide bonds. The number of rotatable bonds is 5. The zero-order valence-corrected chi connectivity index (χ0v) is 17.7. The van der Waals surface area contributed by atoms with E-state index in [-0.39, 0.29) is 11.9 Å². The smallest absolute Gasteiger partial charge is 0.209 e. The molecule has 144 valence electrons. The van der Waals surface area contributed by atoms with E-state index in [1.165, 1.54) is 0 Å². The number of halogens is 1. The second-order valence-electron chi connectivity index (χ2n) is 6.08. The fourth-order valence-electron chi connectivity index (χ4n) is 3.01. The highest BCUT2D eigenvalue weighted by Crippen LogP contribution is 2.27. The lowest BCUT2D eigenvalue weighted by atomic mass is 10.1. The first-order valence-electron chi connectivity index (χ1n) is 8.33. The zero-order chi connectivity index (χ0) is 19.6. The Morgan fingerprint density at radius 1 is 1.33 bits per heavy atom. The van der Waals surface area contributed by atoms with E-state index in [1.807, 2.05) is 25.1 Å². The van der Waals surface area contributed by atoms with E-state index in [4.69, 9.17) is 20.3 Å². The molecule has 2 heterocycles. The summed E-state index contributed by atoms with van der Waals surface area (Å²) in [6.45, 7) is 3.91. The average Bonchev–Trinajstić information content (AvgIpc) is 3.11. The zero-order valence-electron chi connectivity index (χ0n) is 15.3. The highest BCUT2D eigenvalue weighted by molar-refractivity contribution is 9.10. The number of benzene rings is 1. The molecule has 0 saturated carbocycles. The van der Waals surface area contributed by atoms with Crippen LogP contribution in [-0.2, 0) is 6.54 Å². The van der Waals surface area contributed by atoms with Crippen LogP contribution in [0.1, 0.15) is 17.5 Å². The van der Waals surface area contributed by atoms with Crippen molar-refractivity contribution in [1.29, 1.82) is 10.8 Å². The quantitative estimate of drug-likeness (QED) is 0.534. The lowest BCUT2D eigenvalue weighted by Gasteiger charge is -2.40. The number of ether oxygens (including phenoxy) is 2. The van der Waals surface area contributed by atoms with Gasteiger partial charge in [-0.15, -0.1) is 0 Å². The van der Waals surface area contributed by atoms with Crippen LogP contribution in [0.3, 0.4) is 0 Å². The second-order valence-corrected chi connectivity index (χ2v) is 7.54. The van der Waals surface area contributed by atoms with Crippen molar-refractivity contribution in [3.05, 3.63) is 33.5 Å². The van der Waals surface area contributed by atoms with Crippen LogP contribution in [0.5, 0.6) is 11.5 Å². The molecule has 0 radical (unpaired) electrons. The first-order chi connectivity index (χ1) is 12.9. The van der Waals surface area contributed by atoms with Gasteiger partial charge in [-0.25, -0.2) is 4.98 Å². The van der Waals surface area contributed by atoms with Crippen LogP contribution in [-0.4, -0.2) is 64.2 Å². The standard InChI is InChI=1S/C17H21BrN6O2S/c1-10-14(19)24(15(20)16-21-17(18)22-27-16)7-6-23(10)9-11-4-5-12(25-2)8-13(11)26-3/h4-5,8,10,19-20H,6-7,9H2,1-3H3/t10-/m1/s1. The third kappa shape index (κ3) is 4.12. The van der Waals surface area contributed by atoms with Crippen LogP contribution in [0.25, 0.3) is 0 Å². The van der Waals surface area contributed by atoms with Crippen molar-refractivity contribution in [3.63, 3.8) is 0 Å². The van der Waals surface area contributed by atoms with Gasteiger partial charge < -0.3 is 14.4 Å². The average molecular weight is 453 g/mol. The Morgan fingerprint density at radius 2 is 2.11 bits per heavy atom. The molecule has 1 saturated heterocycles. The van der Waals surface area contributed by atoms with Crippen LogP contribution in [0.2, 0.25) is 0 Å². The van der Waals surface area contributed by atoms with Gasteiger partial charge in [-0.1, -0.05) is 6.07 Å². The lowest BCUT2D eigenvalue weighted by Crippen LogP contribution is -2.56. The predicted octanol–water partition coefficient (Wildman–Crippen LogP) is 2.83. The topological polar surface area (TPSA) is 98.4 Å². The molecule has 1 aromatic carbocycles. The number of piperazine rings is 1.